The van der Waals surface area contributed by atoms with Crippen molar-refractivity contribution in [1.29, 1.82) is 0 Å². The van der Waals surface area contributed by atoms with Gasteiger partial charge in [0.25, 0.3) is 5.91 Å². The van der Waals surface area contributed by atoms with Crippen molar-refractivity contribution in [3.63, 3.8) is 0 Å². The number of amides is 1. The third kappa shape index (κ3) is 3.69. The predicted octanol–water partition coefficient (Wildman–Crippen LogP) is 2.88. The Morgan fingerprint density at radius 2 is 1.59 bits per heavy atom. The number of carbonyl (C=O) groups excluding carboxylic acids is 1. The van der Waals surface area contributed by atoms with Crippen LogP contribution in [0.25, 0.3) is 6.08 Å². The number of hydrazone groups is 1. The highest BCUT2D eigenvalue weighted by Crippen LogP contribution is 2.38. The fourth-order valence-corrected chi connectivity index (χ4v) is 3.90. The topological polar surface area (TPSA) is 65.2 Å². The van der Waals surface area contributed by atoms with Gasteiger partial charge in [-0.15, -0.1) is 0 Å². The third-order valence-corrected chi connectivity index (χ3v) is 5.75. The first-order valence-electron chi connectivity index (χ1n) is 10.2. The summed E-state index contributed by atoms with van der Waals surface area (Å²) < 4.78 is 0. The van der Waals surface area contributed by atoms with Crippen molar-refractivity contribution >= 4 is 29.1 Å². The summed E-state index contributed by atoms with van der Waals surface area (Å²) in [4.78, 5) is 15.5. The van der Waals surface area contributed by atoms with Crippen LogP contribution in [0.4, 0.5) is 11.4 Å². The Labute approximate surface area is 170 Å². The molecule has 0 unspecified atom stereocenters. The number of hydrogen-bond donors (Lipinski definition) is 1. The predicted molar refractivity (Wildman–Crippen MR) is 116 cm³/mol. The van der Waals surface area contributed by atoms with Crippen LogP contribution in [-0.2, 0) is 4.79 Å². The first kappa shape index (κ1) is 18.1. The molecule has 2 N–H and O–H groups in total. The lowest BCUT2D eigenvalue weighted by Crippen LogP contribution is -2.49. The minimum absolute atomic E-state index is 0.0405. The molecular weight excluding hydrogens is 362 g/mol. The highest BCUT2D eigenvalue weighted by Gasteiger charge is 2.39. The van der Waals surface area contributed by atoms with E-state index in [0.29, 0.717) is 5.92 Å². The lowest BCUT2D eigenvalue weighted by atomic mass is 10.0. The molecule has 2 aromatic rings. The zero-order chi connectivity index (χ0) is 19.8. The van der Waals surface area contributed by atoms with Crippen molar-refractivity contribution in [1.82, 2.24) is 5.01 Å². The van der Waals surface area contributed by atoms with Gasteiger partial charge in [-0.1, -0.05) is 30.3 Å². The van der Waals surface area contributed by atoms with E-state index in [4.69, 9.17) is 5.84 Å². The van der Waals surface area contributed by atoms with Gasteiger partial charge in [0.1, 0.15) is 0 Å². The Bertz CT molecular complexity index is 955. The van der Waals surface area contributed by atoms with Gasteiger partial charge >= 0.3 is 0 Å². The number of para-hydroxylation sites is 1. The van der Waals surface area contributed by atoms with Crippen LogP contribution in [0.5, 0.6) is 0 Å². The van der Waals surface area contributed by atoms with Gasteiger partial charge in [0.15, 0.2) is 0 Å². The van der Waals surface area contributed by atoms with E-state index < -0.39 is 0 Å². The highest BCUT2D eigenvalue weighted by atomic mass is 16.2. The number of piperazine rings is 1. The maximum Gasteiger partial charge on any atom is 0.280 e. The number of carbonyl (C=O) groups is 1. The zero-order valence-electron chi connectivity index (χ0n) is 16.4. The Balaban J connectivity index is 1.39. The van der Waals surface area contributed by atoms with Crippen LogP contribution in [-0.4, -0.2) is 42.8 Å². The van der Waals surface area contributed by atoms with Gasteiger partial charge in [-0.05, 0) is 48.7 Å². The summed E-state index contributed by atoms with van der Waals surface area (Å²) in [6.45, 7) is 3.60. The summed E-state index contributed by atoms with van der Waals surface area (Å²) in [5, 5.41) is 8.09. The van der Waals surface area contributed by atoms with Gasteiger partial charge in [-0.25, -0.2) is 5.01 Å². The summed E-state index contributed by atoms with van der Waals surface area (Å²) in [7, 11) is 0. The summed E-state index contributed by atoms with van der Waals surface area (Å²) >= 11 is 0. The number of nitrogens with zero attached hydrogens (tertiary/aromatic N) is 4. The molecule has 29 heavy (non-hydrogen) atoms. The Morgan fingerprint density at radius 1 is 0.897 bits per heavy atom. The molecule has 1 saturated carbocycles. The molecule has 148 valence electrons. The molecule has 0 atom stereocenters. The van der Waals surface area contributed by atoms with Crippen molar-refractivity contribution < 1.29 is 4.79 Å². The van der Waals surface area contributed by atoms with Crippen molar-refractivity contribution in [2.75, 3.05) is 36.1 Å². The quantitative estimate of drug-likeness (QED) is 0.647. The SMILES string of the molecule is NN1CCN(c2ccc(/C=C3\C(=O)N(c4ccccc4)N=C3C3CC3)cc2)CC1. The first-order valence-corrected chi connectivity index (χ1v) is 10.2. The van der Waals surface area contributed by atoms with E-state index in [1.54, 1.807) is 5.01 Å². The van der Waals surface area contributed by atoms with Crippen molar-refractivity contribution in [3.8, 4) is 0 Å². The first-order chi connectivity index (χ1) is 14.2. The monoisotopic (exact) mass is 387 g/mol. The van der Waals surface area contributed by atoms with Gasteiger partial charge in [0.05, 0.1) is 17.0 Å². The molecule has 0 spiro atoms. The molecule has 2 aromatic carbocycles. The summed E-state index contributed by atoms with van der Waals surface area (Å²) in [5.74, 6) is 6.22. The van der Waals surface area contributed by atoms with Gasteiger partial charge in [0.2, 0.25) is 0 Å². The van der Waals surface area contributed by atoms with Crippen LogP contribution in [0.1, 0.15) is 18.4 Å². The lowest BCUT2D eigenvalue weighted by molar-refractivity contribution is -0.114. The smallest absolute Gasteiger partial charge is 0.280 e. The Hall–Kier alpha value is -2.96. The lowest BCUT2D eigenvalue weighted by Gasteiger charge is -2.33. The standard InChI is InChI=1S/C23H25N5O/c24-27-14-12-26(13-15-27)19-10-6-17(7-11-19)16-21-22(18-8-9-18)25-28(23(21)29)20-4-2-1-3-5-20/h1-7,10-11,16,18H,8-9,12-15,24H2/b21-16-. The largest absolute Gasteiger partial charge is 0.369 e. The molecule has 2 fully saturated rings. The van der Waals surface area contributed by atoms with Crippen molar-refractivity contribution in [2.45, 2.75) is 12.8 Å². The van der Waals surface area contributed by atoms with Crippen LogP contribution in [0, 0.1) is 5.92 Å². The van der Waals surface area contributed by atoms with E-state index in [9.17, 15) is 4.79 Å². The summed E-state index contributed by atoms with van der Waals surface area (Å²) in [6, 6.07) is 18.1. The Morgan fingerprint density at radius 3 is 2.24 bits per heavy atom. The van der Waals surface area contributed by atoms with Crippen LogP contribution in [0.2, 0.25) is 0 Å². The van der Waals surface area contributed by atoms with Crippen molar-refractivity contribution in [2.24, 2.45) is 16.9 Å². The van der Waals surface area contributed by atoms with E-state index >= 15 is 0 Å². The van der Waals surface area contributed by atoms with E-state index in [1.807, 2.05) is 41.4 Å². The average Bonchev–Trinajstić information content (AvgIpc) is 3.55. The second-order valence-corrected chi connectivity index (χ2v) is 7.88. The molecule has 2 heterocycles. The number of hydrogen-bond acceptors (Lipinski definition) is 5. The van der Waals surface area contributed by atoms with Crippen LogP contribution < -0.4 is 15.8 Å². The van der Waals surface area contributed by atoms with Gasteiger partial charge in [-0.2, -0.15) is 10.1 Å². The minimum Gasteiger partial charge on any atom is -0.369 e. The molecule has 5 rings (SSSR count). The van der Waals surface area contributed by atoms with Gasteiger partial charge < -0.3 is 4.90 Å². The Kier molecular flexibility index (Phi) is 4.66. The van der Waals surface area contributed by atoms with E-state index in [1.165, 1.54) is 5.69 Å². The normalized spacial score (nSPS) is 21.8. The number of hydrazine groups is 1. The van der Waals surface area contributed by atoms with E-state index in [-0.39, 0.29) is 5.91 Å². The fourth-order valence-electron chi connectivity index (χ4n) is 3.90. The maximum atomic E-state index is 13.1. The van der Waals surface area contributed by atoms with Crippen LogP contribution >= 0.6 is 0 Å². The van der Waals surface area contributed by atoms with Crippen LogP contribution in [0.15, 0.2) is 65.3 Å². The van der Waals surface area contributed by atoms with Gasteiger partial charge in [0, 0.05) is 37.8 Å². The third-order valence-electron chi connectivity index (χ3n) is 5.75. The minimum atomic E-state index is -0.0405. The fraction of sp³-hybridized carbons (Fsp3) is 0.304. The van der Waals surface area contributed by atoms with E-state index in [0.717, 1.165) is 61.6 Å². The zero-order valence-corrected chi connectivity index (χ0v) is 16.4. The summed E-state index contributed by atoms with van der Waals surface area (Å²) in [5.41, 5.74) is 4.69. The number of anilines is 2. The van der Waals surface area contributed by atoms with Crippen LogP contribution in [0.3, 0.4) is 0 Å². The molecule has 1 saturated heterocycles. The molecule has 1 amide bonds. The second kappa shape index (κ2) is 7.46. The molecule has 2 aliphatic heterocycles. The summed E-state index contributed by atoms with van der Waals surface area (Å²) in [6.07, 6.45) is 4.21. The average molecular weight is 387 g/mol. The number of benzene rings is 2. The molecule has 6 heteroatoms. The van der Waals surface area contributed by atoms with Gasteiger partial charge in [-0.3, -0.25) is 10.6 Å². The molecule has 0 aromatic heterocycles. The van der Waals surface area contributed by atoms with E-state index in [2.05, 4.69) is 34.3 Å². The second-order valence-electron chi connectivity index (χ2n) is 7.88. The molecule has 6 nitrogen and oxygen atoms in total. The maximum absolute atomic E-state index is 13.1. The highest BCUT2D eigenvalue weighted by molar-refractivity contribution is 6.33. The molecule has 0 bridgehead atoms. The molecule has 0 radical (unpaired) electrons. The molecule has 1 aliphatic carbocycles. The molecular formula is C23H25N5O. The number of nitrogens with two attached hydrogens (primary N) is 1. The molecule has 3 aliphatic rings. The number of rotatable bonds is 4. The van der Waals surface area contributed by atoms with Crippen molar-refractivity contribution in [3.05, 3.63) is 65.7 Å².